The fourth-order valence-corrected chi connectivity index (χ4v) is 3.07. The normalized spacial score (nSPS) is 13.7. The molecule has 118 valence electrons. The molecular weight excluding hydrogens is 292 g/mol. The molecule has 0 aliphatic rings. The Labute approximate surface area is 125 Å². The molecule has 0 aliphatic heterocycles. The van der Waals surface area contributed by atoms with Gasteiger partial charge in [-0.15, -0.1) is 0 Å². The van der Waals surface area contributed by atoms with E-state index in [1.807, 2.05) is 0 Å². The van der Waals surface area contributed by atoms with Crippen LogP contribution in [0.25, 0.3) is 0 Å². The lowest BCUT2D eigenvalue weighted by Gasteiger charge is -2.22. The number of rotatable bonds is 6. The molecule has 5 nitrogen and oxygen atoms in total. The molecule has 0 saturated heterocycles. The van der Waals surface area contributed by atoms with Crippen LogP contribution in [0.3, 0.4) is 0 Å². The molecule has 0 aliphatic carbocycles. The van der Waals surface area contributed by atoms with Crippen LogP contribution < -0.4 is 4.74 Å². The van der Waals surface area contributed by atoms with Gasteiger partial charge in [0, 0.05) is 0 Å². The molecule has 0 spiro atoms. The summed E-state index contributed by atoms with van der Waals surface area (Å²) in [5.41, 5.74) is 0.771. The Morgan fingerprint density at radius 1 is 1.24 bits per heavy atom. The van der Waals surface area contributed by atoms with Crippen LogP contribution in [0.1, 0.15) is 26.3 Å². The number of ether oxygens (including phenoxy) is 1. The molecule has 0 bridgehead atoms. The van der Waals surface area contributed by atoms with Crippen LogP contribution in [0.5, 0.6) is 5.75 Å². The van der Waals surface area contributed by atoms with Crippen LogP contribution in [0.2, 0.25) is 0 Å². The van der Waals surface area contributed by atoms with E-state index in [1.54, 1.807) is 52.1 Å². The molecule has 1 N–H and O–H groups in total. The second-order valence-corrected chi connectivity index (χ2v) is 8.77. The summed E-state index contributed by atoms with van der Waals surface area (Å²) in [5, 5.41) is 9.28. The van der Waals surface area contributed by atoms with E-state index in [9.17, 15) is 18.3 Å². The largest absolute Gasteiger partial charge is 0.497 e. The first kappa shape index (κ1) is 17.5. The molecule has 0 fully saturated rings. The highest BCUT2D eigenvalue weighted by atomic mass is 32.2. The summed E-state index contributed by atoms with van der Waals surface area (Å²) in [6.07, 6.45) is 0.175. The molecule has 1 rings (SSSR count). The number of methoxy groups -OCH3 is 1. The van der Waals surface area contributed by atoms with E-state index in [2.05, 4.69) is 0 Å². The predicted molar refractivity (Wildman–Crippen MR) is 81.4 cm³/mol. The zero-order valence-electron chi connectivity index (χ0n) is 12.8. The summed E-state index contributed by atoms with van der Waals surface area (Å²) in [6, 6.07) is 6.95. The summed E-state index contributed by atoms with van der Waals surface area (Å²) in [4.78, 5) is 11.3. The van der Waals surface area contributed by atoms with Gasteiger partial charge < -0.3 is 9.84 Å². The third-order valence-corrected chi connectivity index (χ3v) is 6.05. The maximum atomic E-state index is 12.2. The second kappa shape index (κ2) is 6.47. The SMILES string of the molecule is COc1ccc(CC(CS(=O)(=O)C(C)(C)C)C(=O)O)cc1. The molecule has 6 heteroatoms. The van der Waals surface area contributed by atoms with Gasteiger partial charge >= 0.3 is 5.97 Å². The molecule has 0 heterocycles. The van der Waals surface area contributed by atoms with Crippen molar-refractivity contribution in [1.82, 2.24) is 0 Å². The maximum Gasteiger partial charge on any atom is 0.307 e. The second-order valence-electron chi connectivity index (χ2n) is 5.98. The Hall–Kier alpha value is -1.56. The number of sulfone groups is 1. The van der Waals surface area contributed by atoms with Crippen molar-refractivity contribution in [3.63, 3.8) is 0 Å². The van der Waals surface area contributed by atoms with Crippen LogP contribution >= 0.6 is 0 Å². The summed E-state index contributed by atoms with van der Waals surface area (Å²) >= 11 is 0. The quantitative estimate of drug-likeness (QED) is 0.870. The van der Waals surface area contributed by atoms with Crippen LogP contribution in [-0.2, 0) is 21.1 Å². The van der Waals surface area contributed by atoms with Gasteiger partial charge in [0.05, 0.1) is 23.5 Å². The minimum absolute atomic E-state index is 0.175. The predicted octanol–water partition coefficient (Wildman–Crippen LogP) is 2.15. The highest BCUT2D eigenvalue weighted by molar-refractivity contribution is 7.92. The number of carboxylic acid groups (broad SMARTS) is 1. The van der Waals surface area contributed by atoms with Crippen molar-refractivity contribution in [1.29, 1.82) is 0 Å². The Morgan fingerprint density at radius 2 is 1.76 bits per heavy atom. The molecule has 0 saturated carbocycles. The van der Waals surface area contributed by atoms with Gasteiger partial charge in [-0.2, -0.15) is 0 Å². The number of carboxylic acids is 1. The van der Waals surface area contributed by atoms with E-state index < -0.39 is 26.5 Å². The highest BCUT2D eigenvalue weighted by Crippen LogP contribution is 2.22. The van der Waals surface area contributed by atoms with Crippen molar-refractivity contribution < 1.29 is 23.1 Å². The molecule has 1 aromatic carbocycles. The van der Waals surface area contributed by atoms with Crippen molar-refractivity contribution in [2.75, 3.05) is 12.9 Å². The smallest absolute Gasteiger partial charge is 0.307 e. The van der Waals surface area contributed by atoms with Crippen molar-refractivity contribution in [3.05, 3.63) is 29.8 Å². The Balaban J connectivity index is 2.91. The minimum atomic E-state index is -3.48. The lowest BCUT2D eigenvalue weighted by Crippen LogP contribution is -2.36. The molecule has 0 amide bonds. The lowest BCUT2D eigenvalue weighted by molar-refractivity contribution is -0.140. The van der Waals surface area contributed by atoms with Gasteiger partial charge in [-0.25, -0.2) is 8.42 Å². The number of hydrogen-bond donors (Lipinski definition) is 1. The number of aliphatic carboxylic acids is 1. The molecule has 1 aromatic rings. The Bertz CT molecular complexity index is 581. The minimum Gasteiger partial charge on any atom is -0.497 e. The average Bonchev–Trinajstić information content (AvgIpc) is 2.37. The van der Waals surface area contributed by atoms with Crippen molar-refractivity contribution in [2.24, 2.45) is 5.92 Å². The number of carbonyl (C=O) groups is 1. The van der Waals surface area contributed by atoms with E-state index in [1.165, 1.54) is 0 Å². The van der Waals surface area contributed by atoms with Gasteiger partial charge in [0.15, 0.2) is 9.84 Å². The first-order chi connectivity index (χ1) is 9.56. The summed E-state index contributed by atoms with van der Waals surface area (Å²) in [5.74, 6) is -1.74. The summed E-state index contributed by atoms with van der Waals surface area (Å²) < 4.78 is 28.4. The molecule has 0 radical (unpaired) electrons. The van der Waals surface area contributed by atoms with Crippen LogP contribution in [0.15, 0.2) is 24.3 Å². The van der Waals surface area contributed by atoms with Crippen molar-refractivity contribution in [2.45, 2.75) is 31.9 Å². The number of benzene rings is 1. The van der Waals surface area contributed by atoms with Gasteiger partial charge in [0.2, 0.25) is 0 Å². The van der Waals surface area contributed by atoms with Crippen molar-refractivity contribution >= 4 is 15.8 Å². The van der Waals surface area contributed by atoms with Gasteiger partial charge in [-0.05, 0) is 44.9 Å². The highest BCUT2D eigenvalue weighted by Gasteiger charge is 2.34. The van der Waals surface area contributed by atoms with Crippen LogP contribution in [0, 0.1) is 5.92 Å². The van der Waals surface area contributed by atoms with Gasteiger partial charge in [-0.1, -0.05) is 12.1 Å². The summed E-state index contributed by atoms with van der Waals surface area (Å²) in [7, 11) is -1.93. The van der Waals surface area contributed by atoms with Gasteiger partial charge in [0.1, 0.15) is 5.75 Å². The fourth-order valence-electron chi connectivity index (χ4n) is 1.78. The van der Waals surface area contributed by atoms with E-state index in [0.29, 0.717) is 5.75 Å². The average molecular weight is 314 g/mol. The maximum absolute atomic E-state index is 12.2. The Morgan fingerprint density at radius 3 is 2.14 bits per heavy atom. The molecule has 21 heavy (non-hydrogen) atoms. The zero-order valence-corrected chi connectivity index (χ0v) is 13.6. The summed E-state index contributed by atoms with van der Waals surface area (Å²) in [6.45, 7) is 4.73. The third-order valence-electron chi connectivity index (χ3n) is 3.34. The lowest BCUT2D eigenvalue weighted by atomic mass is 10.0. The van der Waals surface area contributed by atoms with E-state index in [-0.39, 0.29) is 12.2 Å². The zero-order chi connectivity index (χ0) is 16.3. The van der Waals surface area contributed by atoms with Crippen LogP contribution in [-0.4, -0.2) is 37.1 Å². The van der Waals surface area contributed by atoms with E-state index in [4.69, 9.17) is 4.74 Å². The van der Waals surface area contributed by atoms with Gasteiger partial charge in [0.25, 0.3) is 0 Å². The molecular formula is C15H22O5S. The van der Waals surface area contributed by atoms with Gasteiger partial charge in [-0.3, -0.25) is 4.79 Å². The standard InChI is InChI=1S/C15H22O5S/c1-15(2,3)21(18,19)10-12(14(16)17)9-11-5-7-13(20-4)8-6-11/h5-8,12H,9-10H2,1-4H3,(H,16,17). The van der Waals surface area contributed by atoms with E-state index in [0.717, 1.165) is 5.56 Å². The van der Waals surface area contributed by atoms with Crippen LogP contribution in [0.4, 0.5) is 0 Å². The first-order valence-electron chi connectivity index (χ1n) is 6.65. The van der Waals surface area contributed by atoms with E-state index >= 15 is 0 Å². The monoisotopic (exact) mass is 314 g/mol. The first-order valence-corrected chi connectivity index (χ1v) is 8.30. The number of hydrogen-bond acceptors (Lipinski definition) is 4. The molecule has 0 aromatic heterocycles. The fraction of sp³-hybridized carbons (Fsp3) is 0.533. The third kappa shape index (κ3) is 4.74. The topological polar surface area (TPSA) is 80.7 Å². The Kier molecular flexibility index (Phi) is 5.39. The van der Waals surface area contributed by atoms with Crippen molar-refractivity contribution in [3.8, 4) is 5.75 Å². The molecule has 1 atom stereocenters. The molecule has 1 unspecified atom stereocenters.